The molecule has 3 rings (SSSR count). The van der Waals surface area contributed by atoms with Gasteiger partial charge in [0.05, 0.1) is 11.7 Å². The molecular weight excluding hydrogens is 268 g/mol. The third kappa shape index (κ3) is 2.95. The second-order valence-electron chi connectivity index (χ2n) is 6.51. The summed E-state index contributed by atoms with van der Waals surface area (Å²) in [6.07, 6.45) is 6.49. The van der Waals surface area contributed by atoms with Crippen molar-refractivity contribution in [3.05, 3.63) is 11.4 Å². The fourth-order valence-corrected chi connectivity index (χ4v) is 3.69. The molecule has 0 aromatic carbocycles. The highest BCUT2D eigenvalue weighted by molar-refractivity contribution is 5.86. The lowest BCUT2D eigenvalue weighted by Crippen LogP contribution is -2.30. The van der Waals surface area contributed by atoms with Gasteiger partial charge in [0.25, 0.3) is 0 Å². The van der Waals surface area contributed by atoms with Crippen LogP contribution in [0.15, 0.2) is 0 Å². The minimum atomic E-state index is -0.945. The van der Waals surface area contributed by atoms with E-state index in [1.54, 1.807) is 0 Å². The van der Waals surface area contributed by atoms with Gasteiger partial charge in [-0.05, 0) is 57.5 Å². The normalized spacial score (nSPS) is 27.7. The van der Waals surface area contributed by atoms with Gasteiger partial charge >= 0.3 is 5.97 Å². The first-order valence-corrected chi connectivity index (χ1v) is 8.06. The van der Waals surface area contributed by atoms with E-state index in [4.69, 9.17) is 0 Å². The molecule has 2 heterocycles. The van der Waals surface area contributed by atoms with Gasteiger partial charge in [-0.2, -0.15) is 0 Å². The highest BCUT2D eigenvalue weighted by Gasteiger charge is 2.31. The summed E-state index contributed by atoms with van der Waals surface area (Å²) >= 11 is 0. The van der Waals surface area contributed by atoms with Gasteiger partial charge in [-0.1, -0.05) is 12.1 Å². The number of piperidine rings is 1. The number of aromatic carboxylic acids is 1. The maximum atomic E-state index is 11.5. The Morgan fingerprint density at radius 1 is 1.19 bits per heavy atom. The van der Waals surface area contributed by atoms with Crippen molar-refractivity contribution < 1.29 is 9.90 Å². The van der Waals surface area contributed by atoms with Crippen LogP contribution in [0.2, 0.25) is 0 Å². The number of nitrogens with zero attached hydrogens (tertiary/aromatic N) is 3. The van der Waals surface area contributed by atoms with Gasteiger partial charge in [-0.25, -0.2) is 9.48 Å². The van der Waals surface area contributed by atoms with Gasteiger partial charge < -0.3 is 10.4 Å². The van der Waals surface area contributed by atoms with E-state index in [9.17, 15) is 9.90 Å². The zero-order valence-electron chi connectivity index (χ0n) is 12.6. The molecule has 2 fully saturated rings. The monoisotopic (exact) mass is 292 g/mol. The Morgan fingerprint density at radius 3 is 2.48 bits per heavy atom. The first kappa shape index (κ1) is 14.5. The van der Waals surface area contributed by atoms with Gasteiger partial charge in [-0.3, -0.25) is 0 Å². The first-order chi connectivity index (χ1) is 10.2. The molecule has 0 bridgehead atoms. The lowest BCUT2D eigenvalue weighted by molar-refractivity contribution is 0.0688. The average molecular weight is 292 g/mol. The first-order valence-electron chi connectivity index (χ1n) is 8.06. The SMILES string of the molecule is CC1CCC(n2nnc(C(=O)O)c2C2CCNCC2)CC1. The summed E-state index contributed by atoms with van der Waals surface area (Å²) in [5.41, 5.74) is 1.03. The molecule has 6 heteroatoms. The van der Waals surface area contributed by atoms with Crippen molar-refractivity contribution in [2.45, 2.75) is 57.4 Å². The minimum absolute atomic E-state index is 0.167. The Labute approximate surface area is 124 Å². The Balaban J connectivity index is 1.90. The van der Waals surface area contributed by atoms with E-state index in [1.807, 2.05) is 4.68 Å². The molecule has 2 N–H and O–H groups in total. The van der Waals surface area contributed by atoms with Crippen LogP contribution in [0.5, 0.6) is 0 Å². The number of nitrogens with one attached hydrogen (secondary N) is 1. The lowest BCUT2D eigenvalue weighted by atomic mass is 9.86. The van der Waals surface area contributed by atoms with E-state index >= 15 is 0 Å². The van der Waals surface area contributed by atoms with E-state index in [0.29, 0.717) is 6.04 Å². The second-order valence-corrected chi connectivity index (χ2v) is 6.51. The number of carboxylic acid groups (broad SMARTS) is 1. The number of rotatable bonds is 3. The lowest BCUT2D eigenvalue weighted by Gasteiger charge is -2.30. The molecule has 0 atom stereocenters. The molecule has 1 aliphatic heterocycles. The van der Waals surface area contributed by atoms with Crippen molar-refractivity contribution in [2.75, 3.05) is 13.1 Å². The number of aromatic nitrogens is 3. The Kier molecular flexibility index (Phi) is 4.24. The predicted molar refractivity (Wildman–Crippen MR) is 78.5 cm³/mol. The van der Waals surface area contributed by atoms with Crippen LogP contribution < -0.4 is 5.32 Å². The van der Waals surface area contributed by atoms with Gasteiger partial charge in [0.2, 0.25) is 0 Å². The van der Waals surface area contributed by atoms with Gasteiger partial charge in [0, 0.05) is 5.92 Å². The Morgan fingerprint density at radius 2 is 1.86 bits per heavy atom. The molecule has 21 heavy (non-hydrogen) atoms. The molecule has 2 aliphatic rings. The summed E-state index contributed by atoms with van der Waals surface area (Å²) in [5.74, 6) is 0.0942. The summed E-state index contributed by atoms with van der Waals surface area (Å²) in [6, 6.07) is 0.326. The number of carbonyl (C=O) groups is 1. The zero-order valence-corrected chi connectivity index (χ0v) is 12.6. The number of hydrogen-bond donors (Lipinski definition) is 2. The van der Waals surface area contributed by atoms with Crippen LogP contribution in [-0.4, -0.2) is 39.2 Å². The molecule has 0 amide bonds. The van der Waals surface area contributed by atoms with E-state index in [-0.39, 0.29) is 11.6 Å². The summed E-state index contributed by atoms with van der Waals surface area (Å²) < 4.78 is 1.95. The van der Waals surface area contributed by atoms with Crippen molar-refractivity contribution in [1.29, 1.82) is 0 Å². The Hall–Kier alpha value is -1.43. The molecule has 0 radical (unpaired) electrons. The van der Waals surface area contributed by atoms with Crippen molar-refractivity contribution in [2.24, 2.45) is 5.92 Å². The molecule has 1 aliphatic carbocycles. The number of hydrogen-bond acceptors (Lipinski definition) is 4. The smallest absolute Gasteiger partial charge is 0.358 e. The van der Waals surface area contributed by atoms with E-state index in [1.165, 1.54) is 12.8 Å². The topological polar surface area (TPSA) is 80.0 Å². The molecular formula is C15H24N4O2. The summed E-state index contributed by atoms with van der Waals surface area (Å²) in [6.45, 7) is 4.17. The quantitative estimate of drug-likeness (QED) is 0.892. The standard InChI is InChI=1S/C15H24N4O2/c1-10-2-4-12(5-3-10)19-14(11-6-8-16-9-7-11)13(15(20)21)17-18-19/h10-12,16H,2-9H2,1H3,(H,20,21). The van der Waals surface area contributed by atoms with Crippen LogP contribution in [0.1, 0.15) is 73.6 Å². The fraction of sp³-hybridized carbons (Fsp3) is 0.800. The predicted octanol–water partition coefficient (Wildman–Crippen LogP) is 2.19. The molecule has 1 aromatic heterocycles. The minimum Gasteiger partial charge on any atom is -0.476 e. The van der Waals surface area contributed by atoms with Gasteiger partial charge in [0.15, 0.2) is 5.69 Å². The average Bonchev–Trinajstić information content (AvgIpc) is 2.94. The van der Waals surface area contributed by atoms with Gasteiger partial charge in [0.1, 0.15) is 0 Å². The highest BCUT2D eigenvalue weighted by Crippen LogP contribution is 2.36. The molecule has 1 aromatic rings. The maximum Gasteiger partial charge on any atom is 0.358 e. The largest absolute Gasteiger partial charge is 0.476 e. The summed E-state index contributed by atoms with van der Waals surface area (Å²) in [4.78, 5) is 11.5. The van der Waals surface area contributed by atoms with Crippen LogP contribution in [0.4, 0.5) is 0 Å². The van der Waals surface area contributed by atoms with Crippen molar-refractivity contribution in [3.8, 4) is 0 Å². The maximum absolute atomic E-state index is 11.5. The zero-order chi connectivity index (χ0) is 14.8. The Bertz CT molecular complexity index is 500. The second kappa shape index (κ2) is 6.13. The van der Waals surface area contributed by atoms with Crippen LogP contribution >= 0.6 is 0 Å². The molecule has 0 unspecified atom stereocenters. The van der Waals surface area contributed by atoms with E-state index < -0.39 is 5.97 Å². The highest BCUT2D eigenvalue weighted by atomic mass is 16.4. The molecule has 1 saturated heterocycles. The molecule has 6 nitrogen and oxygen atoms in total. The van der Waals surface area contributed by atoms with Crippen LogP contribution in [0, 0.1) is 5.92 Å². The summed E-state index contributed by atoms with van der Waals surface area (Å²) in [5, 5.41) is 21.0. The fourth-order valence-electron chi connectivity index (χ4n) is 3.69. The van der Waals surface area contributed by atoms with Crippen LogP contribution in [0.25, 0.3) is 0 Å². The molecule has 0 spiro atoms. The van der Waals surface area contributed by atoms with Crippen molar-refractivity contribution >= 4 is 5.97 Å². The molecule has 116 valence electrons. The third-order valence-electron chi connectivity index (χ3n) is 4.99. The van der Waals surface area contributed by atoms with Crippen LogP contribution in [0.3, 0.4) is 0 Å². The summed E-state index contributed by atoms with van der Waals surface area (Å²) in [7, 11) is 0. The van der Waals surface area contributed by atoms with Crippen molar-refractivity contribution in [1.82, 2.24) is 20.3 Å². The van der Waals surface area contributed by atoms with Crippen molar-refractivity contribution in [3.63, 3.8) is 0 Å². The van der Waals surface area contributed by atoms with Gasteiger partial charge in [-0.15, -0.1) is 5.10 Å². The van der Waals surface area contributed by atoms with E-state index in [2.05, 4.69) is 22.6 Å². The number of carboxylic acids is 1. The van der Waals surface area contributed by atoms with E-state index in [0.717, 1.165) is 50.4 Å². The molecule has 1 saturated carbocycles. The third-order valence-corrected chi connectivity index (χ3v) is 4.99. The van der Waals surface area contributed by atoms with Crippen LogP contribution in [-0.2, 0) is 0 Å².